The fourth-order valence-corrected chi connectivity index (χ4v) is 1.04. The lowest BCUT2D eigenvalue weighted by atomic mass is 10.2. The summed E-state index contributed by atoms with van der Waals surface area (Å²) < 4.78 is 0. The molecule has 1 amide bonds. The van der Waals surface area contributed by atoms with Crippen molar-refractivity contribution in [2.45, 2.75) is 0 Å². The fraction of sp³-hybridized carbons (Fsp3) is 0. The van der Waals surface area contributed by atoms with E-state index in [0.29, 0.717) is 11.6 Å². The van der Waals surface area contributed by atoms with Gasteiger partial charge in [-0.2, -0.15) is 5.10 Å². The monoisotopic (exact) mass is 263 g/mol. The zero-order chi connectivity index (χ0) is 14.3. The third-order valence-electron chi connectivity index (χ3n) is 1.87. The SMILES string of the molecule is O=C(O)/C=C\C(=O)N/N=C/c1ccc([N+](=O)[O-])cc1. The number of nitro benzene ring substituents is 1. The van der Waals surface area contributed by atoms with Crippen LogP contribution in [-0.2, 0) is 9.59 Å². The van der Waals surface area contributed by atoms with Gasteiger partial charge in [-0.25, -0.2) is 10.2 Å². The molecule has 19 heavy (non-hydrogen) atoms. The number of carbonyl (C=O) groups is 2. The third kappa shape index (κ3) is 5.22. The smallest absolute Gasteiger partial charge is 0.328 e. The van der Waals surface area contributed by atoms with Crippen molar-refractivity contribution in [1.29, 1.82) is 0 Å². The van der Waals surface area contributed by atoms with E-state index in [2.05, 4.69) is 10.5 Å². The average molecular weight is 263 g/mol. The second kappa shape index (κ2) is 6.64. The summed E-state index contributed by atoms with van der Waals surface area (Å²) in [6.07, 6.45) is 2.77. The molecule has 8 heteroatoms. The summed E-state index contributed by atoms with van der Waals surface area (Å²) in [5.74, 6) is -1.94. The molecule has 1 aromatic carbocycles. The summed E-state index contributed by atoms with van der Waals surface area (Å²) in [6.45, 7) is 0. The first kappa shape index (κ1) is 14.0. The van der Waals surface area contributed by atoms with E-state index in [4.69, 9.17) is 5.11 Å². The molecule has 0 atom stereocenters. The highest BCUT2D eigenvalue weighted by atomic mass is 16.6. The molecular formula is C11H9N3O5. The number of rotatable bonds is 5. The number of nitrogens with zero attached hydrogens (tertiary/aromatic N) is 2. The van der Waals surface area contributed by atoms with Crippen molar-refractivity contribution in [2.24, 2.45) is 5.10 Å². The van der Waals surface area contributed by atoms with Gasteiger partial charge in [0.2, 0.25) is 0 Å². The largest absolute Gasteiger partial charge is 0.478 e. The van der Waals surface area contributed by atoms with E-state index < -0.39 is 16.8 Å². The summed E-state index contributed by atoms with van der Waals surface area (Å²) in [5, 5.41) is 22.2. The third-order valence-corrected chi connectivity index (χ3v) is 1.87. The number of nitro groups is 1. The number of amides is 1. The lowest BCUT2D eigenvalue weighted by Crippen LogP contribution is -2.14. The maximum Gasteiger partial charge on any atom is 0.328 e. The Labute approximate surface area is 107 Å². The van der Waals surface area contributed by atoms with Gasteiger partial charge in [-0.3, -0.25) is 14.9 Å². The van der Waals surface area contributed by atoms with Gasteiger partial charge in [-0.15, -0.1) is 0 Å². The molecular weight excluding hydrogens is 254 g/mol. The first-order valence-corrected chi connectivity index (χ1v) is 4.97. The van der Waals surface area contributed by atoms with Crippen LogP contribution in [0.5, 0.6) is 0 Å². The van der Waals surface area contributed by atoms with Crippen LogP contribution in [0.4, 0.5) is 5.69 Å². The number of hydrogen-bond acceptors (Lipinski definition) is 5. The normalized spacial score (nSPS) is 10.7. The van der Waals surface area contributed by atoms with E-state index in [1.807, 2.05) is 0 Å². The van der Waals surface area contributed by atoms with Crippen LogP contribution in [0, 0.1) is 10.1 Å². The number of nitrogens with one attached hydrogen (secondary N) is 1. The Balaban J connectivity index is 2.55. The summed E-state index contributed by atoms with van der Waals surface area (Å²) in [4.78, 5) is 31.0. The quantitative estimate of drug-likeness (QED) is 0.350. The van der Waals surface area contributed by atoms with Crippen LogP contribution in [0.25, 0.3) is 0 Å². The topological polar surface area (TPSA) is 122 Å². The first-order chi connectivity index (χ1) is 8.99. The van der Waals surface area contributed by atoms with E-state index in [-0.39, 0.29) is 5.69 Å². The first-order valence-electron chi connectivity index (χ1n) is 4.97. The maximum atomic E-state index is 11.0. The molecule has 0 radical (unpaired) electrons. The Morgan fingerprint density at radius 3 is 2.42 bits per heavy atom. The molecule has 0 spiro atoms. The van der Waals surface area contributed by atoms with Crippen molar-refractivity contribution < 1.29 is 19.6 Å². The molecule has 0 fully saturated rings. The van der Waals surface area contributed by atoms with Gasteiger partial charge in [0.15, 0.2) is 0 Å². The van der Waals surface area contributed by atoms with Gasteiger partial charge in [0, 0.05) is 24.3 Å². The molecule has 98 valence electrons. The average Bonchev–Trinajstić information content (AvgIpc) is 2.37. The van der Waals surface area contributed by atoms with Gasteiger partial charge in [0.25, 0.3) is 11.6 Å². The van der Waals surface area contributed by atoms with Crippen LogP contribution >= 0.6 is 0 Å². The van der Waals surface area contributed by atoms with Crippen LogP contribution in [0.2, 0.25) is 0 Å². The molecule has 0 saturated heterocycles. The minimum Gasteiger partial charge on any atom is -0.478 e. The molecule has 0 aliphatic rings. The van der Waals surface area contributed by atoms with E-state index in [1.54, 1.807) is 0 Å². The van der Waals surface area contributed by atoms with Gasteiger partial charge >= 0.3 is 5.97 Å². The van der Waals surface area contributed by atoms with E-state index in [9.17, 15) is 19.7 Å². The van der Waals surface area contributed by atoms with Gasteiger partial charge in [0.1, 0.15) is 0 Å². The predicted octanol–water partition coefficient (Wildman–Crippen LogP) is 0.686. The Bertz CT molecular complexity index is 548. The molecule has 0 unspecified atom stereocenters. The molecule has 1 rings (SSSR count). The predicted molar refractivity (Wildman–Crippen MR) is 65.6 cm³/mol. The summed E-state index contributed by atoms with van der Waals surface area (Å²) >= 11 is 0. The number of aliphatic carboxylic acids is 1. The second-order valence-corrected chi connectivity index (χ2v) is 3.25. The second-order valence-electron chi connectivity index (χ2n) is 3.25. The Morgan fingerprint density at radius 1 is 1.26 bits per heavy atom. The van der Waals surface area contributed by atoms with E-state index in [0.717, 1.165) is 6.08 Å². The van der Waals surface area contributed by atoms with Crippen molar-refractivity contribution in [2.75, 3.05) is 0 Å². The van der Waals surface area contributed by atoms with Crippen molar-refractivity contribution in [3.05, 3.63) is 52.1 Å². The fourth-order valence-electron chi connectivity index (χ4n) is 1.04. The molecule has 8 nitrogen and oxygen atoms in total. The zero-order valence-corrected chi connectivity index (χ0v) is 9.52. The Hall–Kier alpha value is -3.03. The minimum absolute atomic E-state index is 0.0504. The lowest BCUT2D eigenvalue weighted by Gasteiger charge is -1.94. The highest BCUT2D eigenvalue weighted by Crippen LogP contribution is 2.10. The van der Waals surface area contributed by atoms with Crippen molar-refractivity contribution in [3.8, 4) is 0 Å². The minimum atomic E-state index is -1.24. The summed E-state index contributed by atoms with van der Waals surface area (Å²) in [6, 6.07) is 5.52. The van der Waals surface area contributed by atoms with Gasteiger partial charge < -0.3 is 5.11 Å². The van der Waals surface area contributed by atoms with Crippen molar-refractivity contribution in [3.63, 3.8) is 0 Å². The van der Waals surface area contributed by atoms with Gasteiger partial charge in [-0.1, -0.05) is 0 Å². The molecule has 2 N–H and O–H groups in total. The summed E-state index contributed by atoms with van der Waals surface area (Å²) in [5.41, 5.74) is 2.57. The van der Waals surface area contributed by atoms with E-state index in [1.165, 1.54) is 30.5 Å². The number of benzene rings is 1. The summed E-state index contributed by atoms with van der Waals surface area (Å²) in [7, 11) is 0. The number of hydrogen-bond donors (Lipinski definition) is 2. The van der Waals surface area contributed by atoms with Crippen LogP contribution < -0.4 is 5.43 Å². The van der Waals surface area contributed by atoms with Gasteiger partial charge in [-0.05, 0) is 17.7 Å². The molecule has 0 saturated carbocycles. The number of carboxylic acid groups (broad SMARTS) is 1. The van der Waals surface area contributed by atoms with E-state index >= 15 is 0 Å². The Kier molecular flexibility index (Phi) is 4.91. The highest BCUT2D eigenvalue weighted by molar-refractivity contribution is 5.94. The molecule has 0 bridgehead atoms. The number of non-ortho nitro benzene ring substituents is 1. The number of carbonyl (C=O) groups excluding carboxylic acids is 1. The van der Waals surface area contributed by atoms with Gasteiger partial charge in [0.05, 0.1) is 11.1 Å². The maximum absolute atomic E-state index is 11.0. The molecule has 1 aromatic rings. The van der Waals surface area contributed by atoms with Crippen LogP contribution in [0.15, 0.2) is 41.5 Å². The molecule has 0 aliphatic carbocycles. The van der Waals surface area contributed by atoms with Crippen LogP contribution in [0.1, 0.15) is 5.56 Å². The number of hydrazone groups is 1. The molecule has 0 aromatic heterocycles. The van der Waals surface area contributed by atoms with Crippen molar-refractivity contribution >= 4 is 23.8 Å². The molecule has 0 aliphatic heterocycles. The van der Waals surface area contributed by atoms with Crippen molar-refractivity contribution in [1.82, 2.24) is 5.43 Å². The Morgan fingerprint density at radius 2 is 1.89 bits per heavy atom. The van der Waals surface area contributed by atoms with Crippen LogP contribution in [-0.4, -0.2) is 28.1 Å². The highest BCUT2D eigenvalue weighted by Gasteiger charge is 2.02. The van der Waals surface area contributed by atoms with Crippen LogP contribution in [0.3, 0.4) is 0 Å². The lowest BCUT2D eigenvalue weighted by molar-refractivity contribution is -0.384. The molecule has 0 heterocycles. The zero-order valence-electron chi connectivity index (χ0n) is 9.52. The standard InChI is InChI=1S/C11H9N3O5/c15-10(5-6-11(16)17)13-12-7-8-1-3-9(4-2-8)14(18)19/h1-7H,(H,13,15)(H,16,17)/b6-5-,12-7+. The number of carboxylic acids is 1.